The smallest absolute Gasteiger partial charge is 0.265 e. The topological polar surface area (TPSA) is 60.9 Å². The van der Waals surface area contributed by atoms with Crippen LogP contribution in [0.5, 0.6) is 0 Å². The van der Waals surface area contributed by atoms with Gasteiger partial charge in [0, 0.05) is 11.1 Å². The summed E-state index contributed by atoms with van der Waals surface area (Å²) >= 11 is 0. The molecule has 0 radical (unpaired) electrons. The van der Waals surface area contributed by atoms with Crippen molar-refractivity contribution in [2.45, 2.75) is 44.6 Å². The number of benzene rings is 2. The number of aryl methyl sites for hydroxylation is 1. The maximum Gasteiger partial charge on any atom is 0.265 e. The van der Waals surface area contributed by atoms with Crippen LogP contribution in [0.3, 0.4) is 0 Å². The van der Waals surface area contributed by atoms with Gasteiger partial charge in [-0.3, -0.25) is 19.4 Å². The molecule has 1 fully saturated rings. The molecule has 1 unspecified atom stereocenters. The van der Waals surface area contributed by atoms with Crippen LogP contribution >= 0.6 is 0 Å². The van der Waals surface area contributed by atoms with E-state index in [1.165, 1.54) is 12.8 Å². The lowest BCUT2D eigenvalue weighted by Gasteiger charge is -2.28. The van der Waals surface area contributed by atoms with Crippen molar-refractivity contribution in [3.63, 3.8) is 0 Å². The molecule has 1 atom stereocenters. The van der Waals surface area contributed by atoms with Gasteiger partial charge in [-0.05, 0) is 38.9 Å². The zero-order chi connectivity index (χ0) is 20.4. The molecule has 1 N–H and O–H groups in total. The number of amides is 1. The first-order chi connectivity index (χ1) is 14.0. The van der Waals surface area contributed by atoms with Crippen molar-refractivity contribution in [3.8, 4) is 0 Å². The van der Waals surface area contributed by atoms with Gasteiger partial charge in [0.1, 0.15) is 0 Å². The Labute approximate surface area is 171 Å². The first-order valence-corrected chi connectivity index (χ1v) is 10.4. The van der Waals surface area contributed by atoms with Crippen molar-refractivity contribution in [3.05, 3.63) is 65.2 Å². The zero-order valence-corrected chi connectivity index (χ0v) is 16.9. The minimum absolute atomic E-state index is 0.229. The van der Waals surface area contributed by atoms with E-state index in [1.54, 1.807) is 23.1 Å². The molecule has 2 heterocycles. The van der Waals surface area contributed by atoms with Crippen LogP contribution in [0.1, 0.15) is 53.6 Å². The van der Waals surface area contributed by atoms with Gasteiger partial charge in [-0.1, -0.05) is 60.9 Å². The SMILES string of the molecule is Cc1ccc(C(=O)CC2(O)C(=O)N(CN3CCCCCC3)c3ccccc32)cc1. The van der Waals surface area contributed by atoms with Crippen LogP contribution in [0.15, 0.2) is 48.5 Å². The molecule has 0 saturated carbocycles. The molecule has 5 nitrogen and oxygen atoms in total. The number of fused-ring (bicyclic) bond motifs is 1. The third-order valence-corrected chi connectivity index (χ3v) is 6.07. The molecule has 2 aromatic rings. The summed E-state index contributed by atoms with van der Waals surface area (Å²) in [5.74, 6) is -0.629. The molecule has 152 valence electrons. The number of nitrogens with zero attached hydrogens (tertiary/aromatic N) is 2. The molecule has 0 aromatic heterocycles. The van der Waals surface area contributed by atoms with Gasteiger partial charge in [0.15, 0.2) is 11.4 Å². The van der Waals surface area contributed by atoms with Crippen LogP contribution in [0, 0.1) is 6.92 Å². The van der Waals surface area contributed by atoms with Crippen molar-refractivity contribution in [1.29, 1.82) is 0 Å². The summed E-state index contributed by atoms with van der Waals surface area (Å²) in [6.45, 7) is 4.31. The van der Waals surface area contributed by atoms with Gasteiger partial charge in [-0.15, -0.1) is 0 Å². The highest BCUT2D eigenvalue weighted by Crippen LogP contribution is 2.43. The number of aliphatic hydroxyl groups is 1. The van der Waals surface area contributed by atoms with Gasteiger partial charge in [0.05, 0.1) is 18.8 Å². The second-order valence-corrected chi connectivity index (χ2v) is 8.25. The standard InChI is InChI=1S/C24H28N2O3/c1-18-10-12-19(13-11-18)22(27)16-24(29)20-8-4-5-9-21(20)26(23(24)28)17-25-14-6-2-3-7-15-25/h4-5,8-13,29H,2-3,6-7,14-17H2,1H3. The average molecular weight is 392 g/mol. The fourth-order valence-electron chi connectivity index (χ4n) is 4.37. The molecular weight excluding hydrogens is 364 g/mol. The fourth-order valence-corrected chi connectivity index (χ4v) is 4.37. The Hall–Kier alpha value is -2.50. The quantitative estimate of drug-likeness (QED) is 0.790. The minimum Gasteiger partial charge on any atom is -0.375 e. The molecule has 1 saturated heterocycles. The van der Waals surface area contributed by atoms with Crippen LogP contribution in [0.25, 0.3) is 0 Å². The largest absolute Gasteiger partial charge is 0.375 e. The van der Waals surface area contributed by atoms with E-state index in [2.05, 4.69) is 4.90 Å². The molecular formula is C24H28N2O3. The second kappa shape index (κ2) is 8.09. The molecule has 4 rings (SSSR count). The third kappa shape index (κ3) is 3.85. The Morgan fingerprint density at radius 1 is 1.00 bits per heavy atom. The zero-order valence-electron chi connectivity index (χ0n) is 16.9. The van der Waals surface area contributed by atoms with Gasteiger partial charge in [-0.25, -0.2) is 0 Å². The molecule has 5 heteroatoms. The molecule has 2 aliphatic rings. The second-order valence-electron chi connectivity index (χ2n) is 8.25. The van der Waals surface area contributed by atoms with E-state index in [4.69, 9.17) is 0 Å². The number of anilines is 1. The Morgan fingerprint density at radius 2 is 1.66 bits per heavy atom. The highest BCUT2D eigenvalue weighted by Gasteiger charge is 2.51. The highest BCUT2D eigenvalue weighted by molar-refractivity contribution is 6.10. The number of rotatable bonds is 5. The summed E-state index contributed by atoms with van der Waals surface area (Å²) in [5.41, 5.74) is 0.998. The maximum absolute atomic E-state index is 13.4. The number of hydrogen-bond acceptors (Lipinski definition) is 4. The number of ketones is 1. The van der Waals surface area contributed by atoms with Crippen molar-refractivity contribution in [2.24, 2.45) is 0 Å². The summed E-state index contributed by atoms with van der Waals surface area (Å²) < 4.78 is 0. The molecule has 2 aromatic carbocycles. The van der Waals surface area contributed by atoms with E-state index < -0.39 is 11.5 Å². The van der Waals surface area contributed by atoms with Crippen molar-refractivity contribution in [1.82, 2.24) is 4.90 Å². The van der Waals surface area contributed by atoms with E-state index in [0.717, 1.165) is 31.5 Å². The third-order valence-electron chi connectivity index (χ3n) is 6.07. The van der Waals surface area contributed by atoms with Crippen LogP contribution in [-0.4, -0.2) is 41.5 Å². The van der Waals surface area contributed by atoms with Crippen molar-refractivity contribution < 1.29 is 14.7 Å². The minimum atomic E-state index is -1.82. The van der Waals surface area contributed by atoms with E-state index in [9.17, 15) is 14.7 Å². The number of para-hydroxylation sites is 1. The lowest BCUT2D eigenvalue weighted by Crippen LogP contribution is -2.46. The molecule has 29 heavy (non-hydrogen) atoms. The van der Waals surface area contributed by atoms with E-state index in [0.29, 0.717) is 23.5 Å². The van der Waals surface area contributed by atoms with Crippen LogP contribution in [0.4, 0.5) is 5.69 Å². The lowest BCUT2D eigenvalue weighted by atomic mass is 9.88. The van der Waals surface area contributed by atoms with E-state index in [-0.39, 0.29) is 12.2 Å². The first-order valence-electron chi connectivity index (χ1n) is 10.4. The maximum atomic E-state index is 13.4. The average Bonchev–Trinajstić information content (AvgIpc) is 2.91. The van der Waals surface area contributed by atoms with Gasteiger partial charge < -0.3 is 5.11 Å². The molecule has 2 aliphatic heterocycles. The summed E-state index contributed by atoms with van der Waals surface area (Å²) in [4.78, 5) is 30.2. The van der Waals surface area contributed by atoms with E-state index in [1.807, 2.05) is 37.3 Å². The summed E-state index contributed by atoms with van der Waals surface area (Å²) in [6.07, 6.45) is 4.44. The monoisotopic (exact) mass is 392 g/mol. The molecule has 1 amide bonds. The molecule has 0 bridgehead atoms. The van der Waals surface area contributed by atoms with Crippen LogP contribution in [0.2, 0.25) is 0 Å². The van der Waals surface area contributed by atoms with Crippen molar-refractivity contribution >= 4 is 17.4 Å². The fraction of sp³-hybridized carbons (Fsp3) is 0.417. The first kappa shape index (κ1) is 19.8. The van der Waals surface area contributed by atoms with Gasteiger partial charge in [-0.2, -0.15) is 0 Å². The molecule has 0 aliphatic carbocycles. The number of carbonyl (C=O) groups excluding carboxylic acids is 2. The predicted octanol–water partition coefficient (Wildman–Crippen LogP) is 3.64. The normalized spacial score (nSPS) is 22.4. The van der Waals surface area contributed by atoms with Gasteiger partial charge in [0.2, 0.25) is 0 Å². The number of carbonyl (C=O) groups is 2. The summed E-state index contributed by atoms with van der Waals surface area (Å²) in [5, 5.41) is 11.4. The highest BCUT2D eigenvalue weighted by atomic mass is 16.3. The van der Waals surface area contributed by atoms with Gasteiger partial charge in [0.25, 0.3) is 5.91 Å². The summed E-state index contributed by atoms with van der Waals surface area (Å²) in [7, 11) is 0. The Kier molecular flexibility index (Phi) is 5.52. The van der Waals surface area contributed by atoms with Crippen molar-refractivity contribution in [2.75, 3.05) is 24.7 Å². The Bertz CT molecular complexity index is 901. The van der Waals surface area contributed by atoms with E-state index >= 15 is 0 Å². The Morgan fingerprint density at radius 3 is 2.34 bits per heavy atom. The Balaban J connectivity index is 1.60. The number of likely N-dealkylation sites (tertiary alicyclic amines) is 1. The number of hydrogen-bond donors (Lipinski definition) is 1. The van der Waals surface area contributed by atoms with Gasteiger partial charge >= 0.3 is 0 Å². The number of Topliss-reactive ketones (excluding diaryl/α,β-unsaturated/α-hetero) is 1. The summed E-state index contributed by atoms with van der Waals surface area (Å²) in [6, 6.07) is 14.5. The van der Waals surface area contributed by atoms with Crippen LogP contribution in [-0.2, 0) is 10.4 Å². The predicted molar refractivity (Wildman–Crippen MR) is 113 cm³/mol. The molecule has 0 spiro atoms. The lowest BCUT2D eigenvalue weighted by molar-refractivity contribution is -0.136. The van der Waals surface area contributed by atoms with Crippen LogP contribution < -0.4 is 4.90 Å².